The zero-order valence-electron chi connectivity index (χ0n) is 33.2. The molecule has 4 atom stereocenters. The fourth-order valence-corrected chi connectivity index (χ4v) is 9.70. The molecular weight excluding hydrogens is 813 g/mol. The summed E-state index contributed by atoms with van der Waals surface area (Å²) < 4.78 is 14.5. The van der Waals surface area contributed by atoms with Crippen molar-refractivity contribution in [3.05, 3.63) is 64.2 Å². The number of rotatable bonds is 11. The van der Waals surface area contributed by atoms with Crippen LogP contribution in [-0.4, -0.2) is 119 Å². The van der Waals surface area contributed by atoms with Gasteiger partial charge in [0, 0.05) is 74.3 Å². The quantitative estimate of drug-likeness (QED) is 0.0894. The molecule has 4 fully saturated rings. The highest BCUT2D eigenvalue weighted by Gasteiger charge is 2.45. The van der Waals surface area contributed by atoms with Gasteiger partial charge in [0.25, 0.3) is 11.4 Å². The first kappa shape index (κ1) is 41.6. The van der Waals surface area contributed by atoms with Crippen molar-refractivity contribution in [1.29, 1.82) is 0 Å². The molecule has 0 bridgehead atoms. The lowest BCUT2D eigenvalue weighted by Crippen LogP contribution is -2.60. The molecule has 0 saturated carbocycles. The van der Waals surface area contributed by atoms with Crippen molar-refractivity contribution in [2.75, 3.05) is 31.1 Å². The molecule has 0 spiro atoms. The molecule has 4 saturated heterocycles. The van der Waals surface area contributed by atoms with Gasteiger partial charge >= 0.3 is 13.3 Å². The molecule has 20 nitrogen and oxygen atoms in total. The minimum absolute atomic E-state index is 0.00271. The molecule has 8 rings (SSSR count). The average Bonchev–Trinajstić information content (AvgIpc) is 3.89. The van der Waals surface area contributed by atoms with Gasteiger partial charge in [-0.1, -0.05) is 0 Å². The van der Waals surface area contributed by atoms with Crippen LogP contribution in [0, 0.1) is 5.92 Å². The number of amides is 6. The van der Waals surface area contributed by atoms with Gasteiger partial charge in [-0.25, -0.2) is 4.79 Å². The Morgan fingerprint density at radius 3 is 2.43 bits per heavy atom. The summed E-state index contributed by atoms with van der Waals surface area (Å²) in [5.41, 5.74) is 6.32. The summed E-state index contributed by atoms with van der Waals surface area (Å²) >= 11 is 0. The molecule has 322 valence electrons. The molecule has 61 heavy (non-hydrogen) atoms. The van der Waals surface area contributed by atoms with E-state index in [1.165, 1.54) is 38.3 Å². The number of primary amides is 1. The van der Waals surface area contributed by atoms with Gasteiger partial charge in [-0.05, 0) is 86.9 Å². The normalized spacial score (nSPS) is 22.5. The SMILES string of the molecule is Cn1c(=O)n(C2CCC(=O)NC2=O)c2ccc(N3CC(CCCC(=O)N4CC[C@H]5CC[C@@H](C(N)=O)N5C(=O)[C@@H](NC(=O)c5cc6cc(C(=O)P(=O)(O)O)ccc6[nH]5)C4)C3)cc21. The summed E-state index contributed by atoms with van der Waals surface area (Å²) in [6.07, 6.45) is 3.26. The number of benzene rings is 2. The van der Waals surface area contributed by atoms with Crippen molar-refractivity contribution in [2.45, 2.75) is 75.5 Å². The average molecular weight is 860 g/mol. The Morgan fingerprint density at radius 1 is 0.934 bits per heavy atom. The van der Waals surface area contributed by atoms with E-state index >= 15 is 0 Å². The van der Waals surface area contributed by atoms with Crippen LogP contribution in [0.5, 0.6) is 0 Å². The summed E-state index contributed by atoms with van der Waals surface area (Å²) in [5, 5.41) is 5.37. The summed E-state index contributed by atoms with van der Waals surface area (Å²) in [5.74, 6) is -2.62. The summed E-state index contributed by atoms with van der Waals surface area (Å²) in [6, 6.07) is 7.68. The maximum absolute atomic E-state index is 14.1. The lowest BCUT2D eigenvalue weighted by Gasteiger charge is -2.41. The summed E-state index contributed by atoms with van der Waals surface area (Å²) in [4.78, 5) is 130. The number of nitrogens with zero attached hydrogens (tertiary/aromatic N) is 5. The van der Waals surface area contributed by atoms with Crippen molar-refractivity contribution in [3.63, 3.8) is 0 Å². The van der Waals surface area contributed by atoms with Crippen LogP contribution in [0.3, 0.4) is 0 Å². The van der Waals surface area contributed by atoms with Gasteiger partial charge in [0.15, 0.2) is 0 Å². The molecule has 4 aliphatic heterocycles. The minimum Gasteiger partial charge on any atom is -0.371 e. The van der Waals surface area contributed by atoms with Crippen LogP contribution in [-0.2, 0) is 35.6 Å². The molecular formula is C40H46N9O11P. The van der Waals surface area contributed by atoms with Crippen LogP contribution < -0.4 is 27.0 Å². The fourth-order valence-electron chi connectivity index (χ4n) is 9.22. The molecule has 6 amide bonds. The molecule has 0 aliphatic carbocycles. The molecule has 2 aromatic heterocycles. The number of hydrogen-bond donors (Lipinski definition) is 6. The molecule has 4 aromatic rings. The van der Waals surface area contributed by atoms with Crippen LogP contribution in [0.25, 0.3) is 21.9 Å². The maximum Gasteiger partial charge on any atom is 0.396 e. The largest absolute Gasteiger partial charge is 0.396 e. The third-order valence-corrected chi connectivity index (χ3v) is 13.3. The van der Waals surface area contributed by atoms with Gasteiger partial charge in [0.2, 0.25) is 29.5 Å². The van der Waals surface area contributed by atoms with E-state index in [4.69, 9.17) is 5.73 Å². The van der Waals surface area contributed by atoms with Gasteiger partial charge in [0.1, 0.15) is 23.8 Å². The van der Waals surface area contributed by atoms with E-state index in [2.05, 4.69) is 20.5 Å². The minimum atomic E-state index is -5.05. The Kier molecular flexibility index (Phi) is 11.0. The highest BCUT2D eigenvalue weighted by atomic mass is 31.2. The van der Waals surface area contributed by atoms with Gasteiger partial charge in [0.05, 0.1) is 11.0 Å². The predicted octanol–water partition coefficient (Wildman–Crippen LogP) is 0.599. The number of aryl methyl sites for hydroxylation is 1. The van der Waals surface area contributed by atoms with Gasteiger partial charge in [-0.2, -0.15) is 0 Å². The number of nitrogens with two attached hydrogens (primary N) is 1. The number of aromatic amines is 1. The second kappa shape index (κ2) is 16.1. The standard InChI is InChI=1S/C40H46N9O11P/c1-45-32-17-25(7-9-29(32)49(40(45)57)31-11-12-33(50)44-37(31)54)47-18-21(19-47)3-2-4-34(51)46-14-13-24-6-10-30(35(41)52)48(24)38(55)28(20-46)43-36(53)27-16-23-15-22(5-8-26(23)42-27)39(56)61(58,59)60/h5,7-9,15-17,21,24,28,30-31,42H,2-4,6,10-14,18-20H2,1H3,(H2,41,52)(H,43,53)(H,44,50,54)(H2,58,59,60)/t24-,28+,30+,31?/m1/s1. The lowest BCUT2D eigenvalue weighted by molar-refractivity contribution is -0.144. The van der Waals surface area contributed by atoms with Crippen molar-refractivity contribution in [3.8, 4) is 0 Å². The summed E-state index contributed by atoms with van der Waals surface area (Å²) in [6.45, 7) is 1.62. The van der Waals surface area contributed by atoms with Crippen molar-refractivity contribution < 1.29 is 47.9 Å². The van der Waals surface area contributed by atoms with Gasteiger partial charge < -0.3 is 40.5 Å². The Bertz CT molecular complexity index is 2620. The molecule has 7 N–H and O–H groups in total. The fraction of sp³-hybridized carbons (Fsp3) is 0.450. The second-order valence-corrected chi connectivity index (χ2v) is 17.9. The zero-order chi connectivity index (χ0) is 43.5. The van der Waals surface area contributed by atoms with E-state index in [1.807, 2.05) is 18.2 Å². The first-order valence-electron chi connectivity index (χ1n) is 20.2. The number of H-pyrrole nitrogens is 1. The highest BCUT2D eigenvalue weighted by molar-refractivity contribution is 7.70. The van der Waals surface area contributed by atoms with Crippen molar-refractivity contribution in [2.24, 2.45) is 18.7 Å². The van der Waals surface area contributed by atoms with Crippen molar-refractivity contribution >= 4 is 76.2 Å². The van der Waals surface area contributed by atoms with Crippen LogP contribution in [0.15, 0.2) is 47.3 Å². The summed E-state index contributed by atoms with van der Waals surface area (Å²) in [7, 11) is -3.40. The molecule has 2 aromatic carbocycles. The second-order valence-electron chi connectivity index (χ2n) is 16.4. The first-order chi connectivity index (χ1) is 29.0. The van der Waals surface area contributed by atoms with Crippen LogP contribution >= 0.6 is 7.60 Å². The molecule has 6 heterocycles. The van der Waals surface area contributed by atoms with Gasteiger partial charge in [-0.3, -0.25) is 52.6 Å². The number of imide groups is 1. The van der Waals surface area contributed by atoms with E-state index < -0.39 is 54.9 Å². The Labute approximate surface area is 347 Å². The lowest BCUT2D eigenvalue weighted by atomic mass is 9.93. The third kappa shape index (κ3) is 7.97. The Balaban J connectivity index is 0.903. The Morgan fingerprint density at radius 2 is 1.70 bits per heavy atom. The van der Waals surface area contributed by atoms with E-state index in [1.54, 1.807) is 11.9 Å². The molecule has 1 unspecified atom stereocenters. The smallest absolute Gasteiger partial charge is 0.371 e. The van der Waals surface area contributed by atoms with Crippen molar-refractivity contribution in [1.82, 2.24) is 34.6 Å². The number of aromatic nitrogens is 3. The number of fused-ring (bicyclic) bond motifs is 3. The Hall–Kier alpha value is -6.11. The van der Waals surface area contributed by atoms with Crippen LogP contribution in [0.1, 0.15) is 78.3 Å². The third-order valence-electron chi connectivity index (χ3n) is 12.5. The van der Waals surface area contributed by atoms with E-state index in [0.29, 0.717) is 60.1 Å². The van der Waals surface area contributed by atoms with E-state index in [-0.39, 0.29) is 60.6 Å². The van der Waals surface area contributed by atoms with E-state index in [9.17, 15) is 52.7 Å². The number of hydrogen-bond acceptors (Lipinski definition) is 10. The molecule has 4 aliphatic rings. The molecule has 0 radical (unpaired) electrons. The number of piperidine rings is 1. The zero-order valence-corrected chi connectivity index (χ0v) is 34.1. The van der Waals surface area contributed by atoms with Crippen LogP contribution in [0.2, 0.25) is 0 Å². The number of anilines is 1. The first-order valence-corrected chi connectivity index (χ1v) is 21.8. The number of nitrogens with one attached hydrogen (secondary N) is 3. The number of carbonyl (C=O) groups is 7. The monoisotopic (exact) mass is 859 g/mol. The van der Waals surface area contributed by atoms with E-state index in [0.717, 1.165) is 25.2 Å². The van der Waals surface area contributed by atoms with Crippen LogP contribution in [0.4, 0.5) is 5.69 Å². The maximum atomic E-state index is 14.1. The topological polar surface area (TPSA) is 280 Å². The highest BCUT2D eigenvalue weighted by Crippen LogP contribution is 2.39. The predicted molar refractivity (Wildman–Crippen MR) is 218 cm³/mol. The number of imidazole rings is 1. The van der Waals surface area contributed by atoms with Gasteiger partial charge in [-0.15, -0.1) is 0 Å². The molecule has 21 heteroatoms. The number of carbonyl (C=O) groups excluding carboxylic acids is 7.